The summed E-state index contributed by atoms with van der Waals surface area (Å²) in [4.78, 5) is 15.8. The summed E-state index contributed by atoms with van der Waals surface area (Å²) >= 11 is 0. The van der Waals surface area contributed by atoms with E-state index in [0.29, 0.717) is 11.5 Å². The fourth-order valence-corrected chi connectivity index (χ4v) is 4.26. The highest BCUT2D eigenvalue weighted by atomic mass is 19.1. The summed E-state index contributed by atoms with van der Waals surface area (Å²) < 4.78 is 24.7. The van der Waals surface area contributed by atoms with E-state index in [2.05, 4.69) is 10.3 Å². The number of methoxy groups -OCH3 is 1. The molecule has 1 fully saturated rings. The molecule has 1 aliphatic carbocycles. The summed E-state index contributed by atoms with van der Waals surface area (Å²) in [5.41, 5.74) is 2.73. The number of hydrogen-bond acceptors (Lipinski definition) is 5. The molecule has 29 heavy (non-hydrogen) atoms. The van der Waals surface area contributed by atoms with Gasteiger partial charge in [0.1, 0.15) is 22.9 Å². The van der Waals surface area contributed by atoms with E-state index in [1.165, 1.54) is 38.5 Å². The van der Waals surface area contributed by atoms with Crippen molar-refractivity contribution in [2.24, 2.45) is 5.92 Å². The van der Waals surface area contributed by atoms with Crippen LogP contribution < -0.4 is 5.32 Å². The third-order valence-corrected chi connectivity index (χ3v) is 5.82. The molecule has 1 atom stereocenters. The molecule has 0 aliphatic heterocycles. The first-order valence-corrected chi connectivity index (χ1v) is 10.1. The quantitative estimate of drug-likeness (QED) is 0.553. The van der Waals surface area contributed by atoms with Crippen LogP contribution in [0.5, 0.6) is 0 Å². The van der Waals surface area contributed by atoms with Gasteiger partial charge in [-0.25, -0.2) is 14.2 Å². The van der Waals surface area contributed by atoms with E-state index in [4.69, 9.17) is 9.15 Å². The van der Waals surface area contributed by atoms with Crippen molar-refractivity contribution in [2.45, 2.75) is 45.1 Å². The van der Waals surface area contributed by atoms with Crippen LogP contribution in [0.3, 0.4) is 0 Å². The predicted octanol–water partition coefficient (Wildman–Crippen LogP) is 5.80. The maximum atomic E-state index is 13.8. The van der Waals surface area contributed by atoms with Crippen molar-refractivity contribution in [1.29, 1.82) is 0 Å². The predicted molar refractivity (Wildman–Crippen MR) is 109 cm³/mol. The molecule has 2 heterocycles. The number of nitrogens with zero attached hydrogens (tertiary/aromatic N) is 1. The van der Waals surface area contributed by atoms with Crippen LogP contribution in [-0.2, 0) is 4.74 Å². The molecule has 4 rings (SSSR count). The van der Waals surface area contributed by atoms with Gasteiger partial charge in [-0.1, -0.05) is 19.3 Å². The Morgan fingerprint density at radius 1 is 1.24 bits per heavy atom. The minimum absolute atomic E-state index is 0.0449. The van der Waals surface area contributed by atoms with Gasteiger partial charge in [0.25, 0.3) is 0 Å². The summed E-state index contributed by atoms with van der Waals surface area (Å²) in [7, 11) is 1.34. The van der Waals surface area contributed by atoms with Crippen molar-refractivity contribution in [2.75, 3.05) is 12.4 Å². The van der Waals surface area contributed by atoms with Crippen molar-refractivity contribution in [3.63, 3.8) is 0 Å². The smallest absolute Gasteiger partial charge is 0.356 e. The van der Waals surface area contributed by atoms with Crippen LogP contribution in [-0.4, -0.2) is 18.1 Å². The minimum atomic E-state index is -0.462. The van der Waals surface area contributed by atoms with Gasteiger partial charge >= 0.3 is 5.97 Å². The number of ether oxygens (including phenoxy) is 1. The van der Waals surface area contributed by atoms with Crippen LogP contribution in [0.25, 0.3) is 11.0 Å². The SMILES string of the molecule is COC(=O)c1ccc(NC(c2oc3ccc(F)cc3c2C)C2CCCCC2)cn1. The molecule has 152 valence electrons. The van der Waals surface area contributed by atoms with Gasteiger partial charge in [-0.2, -0.15) is 0 Å². The highest BCUT2D eigenvalue weighted by Gasteiger charge is 2.30. The number of rotatable bonds is 5. The first kappa shape index (κ1) is 19.4. The van der Waals surface area contributed by atoms with Gasteiger partial charge < -0.3 is 14.5 Å². The molecule has 0 bridgehead atoms. The zero-order valence-corrected chi connectivity index (χ0v) is 16.7. The third kappa shape index (κ3) is 3.97. The lowest BCUT2D eigenvalue weighted by atomic mass is 9.82. The van der Waals surface area contributed by atoms with E-state index in [1.807, 2.05) is 13.0 Å². The van der Waals surface area contributed by atoms with Crippen LogP contribution in [0.15, 0.2) is 40.9 Å². The molecule has 6 heteroatoms. The molecular weight excluding hydrogens is 371 g/mol. The number of halogens is 1. The van der Waals surface area contributed by atoms with E-state index in [9.17, 15) is 9.18 Å². The van der Waals surface area contributed by atoms with Crippen molar-refractivity contribution in [3.8, 4) is 0 Å². The van der Waals surface area contributed by atoms with E-state index in [-0.39, 0.29) is 17.6 Å². The fraction of sp³-hybridized carbons (Fsp3) is 0.391. The Morgan fingerprint density at radius 2 is 2.03 bits per heavy atom. The molecule has 0 spiro atoms. The number of anilines is 1. The average Bonchev–Trinajstić information content (AvgIpc) is 3.08. The van der Waals surface area contributed by atoms with Crippen LogP contribution in [0, 0.1) is 18.7 Å². The first-order chi connectivity index (χ1) is 14.1. The highest BCUT2D eigenvalue weighted by Crippen LogP contribution is 2.40. The molecule has 1 N–H and O–H groups in total. The summed E-state index contributed by atoms with van der Waals surface area (Å²) in [5.74, 6) is 0.524. The Morgan fingerprint density at radius 3 is 2.72 bits per heavy atom. The number of pyridine rings is 1. The number of aromatic nitrogens is 1. The fourth-order valence-electron chi connectivity index (χ4n) is 4.26. The van der Waals surface area contributed by atoms with Gasteiger partial charge in [-0.3, -0.25) is 0 Å². The molecule has 0 radical (unpaired) electrons. The number of furan rings is 1. The third-order valence-electron chi connectivity index (χ3n) is 5.82. The number of carbonyl (C=O) groups excluding carboxylic acids is 1. The lowest BCUT2D eigenvalue weighted by molar-refractivity contribution is 0.0594. The average molecular weight is 396 g/mol. The second-order valence-electron chi connectivity index (χ2n) is 7.68. The number of fused-ring (bicyclic) bond motifs is 1. The maximum Gasteiger partial charge on any atom is 0.356 e. The van der Waals surface area contributed by atoms with Gasteiger partial charge in [0, 0.05) is 10.9 Å². The zero-order valence-electron chi connectivity index (χ0n) is 16.7. The summed E-state index contributed by atoms with van der Waals surface area (Å²) in [6.07, 6.45) is 7.49. The van der Waals surface area contributed by atoms with E-state index in [1.54, 1.807) is 18.3 Å². The summed E-state index contributed by atoms with van der Waals surface area (Å²) in [5, 5.41) is 4.37. The van der Waals surface area contributed by atoms with Gasteiger partial charge in [-0.05, 0) is 56.0 Å². The van der Waals surface area contributed by atoms with E-state index >= 15 is 0 Å². The number of benzene rings is 1. The molecule has 1 aliphatic rings. The normalized spacial score (nSPS) is 16.0. The van der Waals surface area contributed by atoms with Crippen molar-refractivity contribution in [1.82, 2.24) is 4.98 Å². The number of nitrogens with one attached hydrogen (secondary N) is 1. The molecule has 5 nitrogen and oxygen atoms in total. The standard InChI is InChI=1S/C23H25FN2O3/c1-14-18-12-16(24)8-11-20(18)29-22(14)21(15-6-4-3-5-7-15)26-17-9-10-19(25-13-17)23(27)28-2/h8-13,15,21,26H,3-7H2,1-2H3. The van der Waals surface area contributed by atoms with Crippen LogP contribution in [0.2, 0.25) is 0 Å². The molecule has 0 saturated heterocycles. The van der Waals surface area contributed by atoms with Gasteiger partial charge in [-0.15, -0.1) is 0 Å². The lowest BCUT2D eigenvalue weighted by Gasteiger charge is -2.30. The molecule has 0 amide bonds. The van der Waals surface area contributed by atoms with Gasteiger partial charge in [0.15, 0.2) is 0 Å². The van der Waals surface area contributed by atoms with Crippen molar-refractivity contribution in [3.05, 3.63) is 59.4 Å². The minimum Gasteiger partial charge on any atom is -0.464 e. The van der Waals surface area contributed by atoms with Gasteiger partial charge in [0.05, 0.1) is 25.0 Å². The van der Waals surface area contributed by atoms with Gasteiger partial charge in [0.2, 0.25) is 0 Å². The van der Waals surface area contributed by atoms with Crippen LogP contribution in [0.1, 0.15) is 60.0 Å². The molecule has 1 saturated carbocycles. The Bertz CT molecular complexity index is 1010. The first-order valence-electron chi connectivity index (χ1n) is 10.1. The monoisotopic (exact) mass is 396 g/mol. The number of carbonyl (C=O) groups is 1. The Labute approximate surface area is 169 Å². The number of hydrogen-bond donors (Lipinski definition) is 1. The van der Waals surface area contributed by atoms with Crippen molar-refractivity contribution >= 4 is 22.6 Å². The second kappa shape index (κ2) is 8.23. The Hall–Kier alpha value is -2.89. The molecule has 2 aromatic heterocycles. The number of aryl methyl sites for hydroxylation is 1. The molecule has 1 unspecified atom stereocenters. The van der Waals surface area contributed by atoms with Crippen LogP contribution in [0.4, 0.5) is 10.1 Å². The lowest BCUT2D eigenvalue weighted by Crippen LogP contribution is -2.23. The second-order valence-corrected chi connectivity index (χ2v) is 7.68. The summed E-state index contributed by atoms with van der Waals surface area (Å²) in [6, 6.07) is 8.07. The van der Waals surface area contributed by atoms with E-state index < -0.39 is 5.97 Å². The maximum absolute atomic E-state index is 13.8. The van der Waals surface area contributed by atoms with Crippen molar-refractivity contribution < 1.29 is 18.3 Å². The largest absolute Gasteiger partial charge is 0.464 e. The van der Waals surface area contributed by atoms with Crippen LogP contribution >= 0.6 is 0 Å². The molecule has 3 aromatic rings. The highest BCUT2D eigenvalue weighted by molar-refractivity contribution is 5.87. The van der Waals surface area contributed by atoms with E-state index in [0.717, 1.165) is 35.2 Å². The number of esters is 1. The molecule has 1 aromatic carbocycles. The Balaban J connectivity index is 1.69. The molecular formula is C23H25FN2O3. The Kier molecular flexibility index (Phi) is 5.51. The zero-order chi connectivity index (χ0) is 20.4. The summed E-state index contributed by atoms with van der Waals surface area (Å²) in [6.45, 7) is 1.98. The topological polar surface area (TPSA) is 64.4 Å².